The van der Waals surface area contributed by atoms with Crippen LogP contribution in [0.25, 0.3) is 10.9 Å². The largest absolute Gasteiger partial charge is 0.384 e. The standard InChI is InChI=1S/C21H25Cl2N5/c22-16-7-8-17-18(9-13-25-19(17)15-16)24-11-5-3-1-2-4-6-12-26-20-10-14-27-21(23)28-20/h7-10,13-15H,1-6,11-12H2,(H,24,25)(H,26,27,28). The fourth-order valence-corrected chi connectivity index (χ4v) is 3.42. The molecule has 0 atom stereocenters. The number of rotatable bonds is 11. The summed E-state index contributed by atoms with van der Waals surface area (Å²) in [5.41, 5.74) is 2.05. The maximum absolute atomic E-state index is 6.04. The summed E-state index contributed by atoms with van der Waals surface area (Å²) in [5.74, 6) is 0.789. The number of fused-ring (bicyclic) bond motifs is 1. The first-order chi connectivity index (χ1) is 13.7. The van der Waals surface area contributed by atoms with Gasteiger partial charge in [-0.2, -0.15) is 0 Å². The van der Waals surface area contributed by atoms with Crippen molar-refractivity contribution in [2.24, 2.45) is 0 Å². The van der Waals surface area contributed by atoms with E-state index in [1.165, 1.54) is 25.7 Å². The highest BCUT2D eigenvalue weighted by Gasteiger charge is 2.02. The lowest BCUT2D eigenvalue weighted by Gasteiger charge is -2.09. The summed E-state index contributed by atoms with van der Waals surface area (Å²) < 4.78 is 0. The van der Waals surface area contributed by atoms with Gasteiger partial charge in [0.05, 0.1) is 5.52 Å². The summed E-state index contributed by atoms with van der Waals surface area (Å²) in [6, 6.07) is 9.69. The Morgan fingerprint density at radius 3 is 2.25 bits per heavy atom. The minimum absolute atomic E-state index is 0.280. The molecule has 0 spiro atoms. The van der Waals surface area contributed by atoms with Crippen LogP contribution in [0.4, 0.5) is 11.5 Å². The van der Waals surface area contributed by atoms with Gasteiger partial charge in [-0.15, -0.1) is 0 Å². The third-order valence-corrected chi connectivity index (χ3v) is 4.97. The molecular formula is C21H25Cl2N5. The van der Waals surface area contributed by atoms with E-state index in [-0.39, 0.29) is 5.28 Å². The first-order valence-corrected chi connectivity index (χ1v) is 10.5. The number of benzene rings is 1. The van der Waals surface area contributed by atoms with Crippen molar-refractivity contribution in [2.45, 2.75) is 38.5 Å². The Kier molecular flexibility index (Phi) is 8.12. The minimum atomic E-state index is 0.280. The molecule has 0 saturated heterocycles. The topological polar surface area (TPSA) is 62.7 Å². The molecule has 0 bridgehead atoms. The monoisotopic (exact) mass is 417 g/mol. The summed E-state index contributed by atoms with van der Waals surface area (Å²) >= 11 is 11.8. The summed E-state index contributed by atoms with van der Waals surface area (Å²) in [7, 11) is 0. The van der Waals surface area contributed by atoms with Crippen LogP contribution in [0.15, 0.2) is 42.7 Å². The van der Waals surface area contributed by atoms with Crippen LogP contribution in [0.3, 0.4) is 0 Å². The number of halogens is 2. The van der Waals surface area contributed by atoms with E-state index in [9.17, 15) is 0 Å². The zero-order valence-corrected chi connectivity index (χ0v) is 17.3. The number of nitrogens with one attached hydrogen (secondary N) is 2. The smallest absolute Gasteiger partial charge is 0.224 e. The van der Waals surface area contributed by atoms with Crippen molar-refractivity contribution in [3.63, 3.8) is 0 Å². The van der Waals surface area contributed by atoms with Gasteiger partial charge in [0.25, 0.3) is 0 Å². The third kappa shape index (κ3) is 6.50. The quantitative estimate of drug-likeness (QED) is 0.287. The Morgan fingerprint density at radius 2 is 1.46 bits per heavy atom. The summed E-state index contributed by atoms with van der Waals surface area (Å²) in [4.78, 5) is 12.4. The molecule has 0 radical (unpaired) electrons. The molecule has 2 N–H and O–H groups in total. The van der Waals surface area contributed by atoms with Crippen molar-refractivity contribution in [2.75, 3.05) is 23.7 Å². The molecule has 0 aliphatic carbocycles. The van der Waals surface area contributed by atoms with Crippen LogP contribution in [-0.2, 0) is 0 Å². The van der Waals surface area contributed by atoms with Crippen LogP contribution < -0.4 is 10.6 Å². The van der Waals surface area contributed by atoms with Crippen LogP contribution in [-0.4, -0.2) is 28.0 Å². The van der Waals surface area contributed by atoms with E-state index >= 15 is 0 Å². The molecule has 3 rings (SSSR count). The van der Waals surface area contributed by atoms with Crippen molar-refractivity contribution in [3.8, 4) is 0 Å². The van der Waals surface area contributed by atoms with Crippen molar-refractivity contribution in [3.05, 3.63) is 53.0 Å². The van der Waals surface area contributed by atoms with E-state index in [0.717, 1.165) is 48.3 Å². The molecule has 0 aliphatic rings. The van der Waals surface area contributed by atoms with Crippen molar-refractivity contribution < 1.29 is 0 Å². The van der Waals surface area contributed by atoms with Gasteiger partial charge in [-0.1, -0.05) is 37.3 Å². The van der Waals surface area contributed by atoms with Gasteiger partial charge >= 0.3 is 0 Å². The van der Waals surface area contributed by atoms with Gasteiger partial charge in [0.1, 0.15) is 5.82 Å². The second-order valence-corrected chi connectivity index (χ2v) is 7.48. The van der Waals surface area contributed by atoms with E-state index in [2.05, 4.69) is 25.6 Å². The van der Waals surface area contributed by atoms with Crippen molar-refractivity contribution in [1.29, 1.82) is 0 Å². The maximum atomic E-state index is 6.04. The Morgan fingerprint density at radius 1 is 0.750 bits per heavy atom. The fourth-order valence-electron chi connectivity index (χ4n) is 3.11. The molecule has 0 aliphatic heterocycles. The molecule has 7 heteroatoms. The number of pyridine rings is 1. The number of aromatic nitrogens is 3. The maximum Gasteiger partial charge on any atom is 0.224 e. The van der Waals surface area contributed by atoms with Crippen LogP contribution in [0.5, 0.6) is 0 Å². The van der Waals surface area contributed by atoms with Gasteiger partial charge in [0.2, 0.25) is 5.28 Å². The Hall–Kier alpha value is -2.11. The molecule has 0 amide bonds. The van der Waals surface area contributed by atoms with Gasteiger partial charge in [0, 0.05) is 41.6 Å². The summed E-state index contributed by atoms with van der Waals surface area (Å²) in [5, 5.41) is 8.91. The van der Waals surface area contributed by atoms with Gasteiger partial charge in [0.15, 0.2) is 0 Å². The van der Waals surface area contributed by atoms with Crippen LogP contribution >= 0.6 is 23.2 Å². The fraction of sp³-hybridized carbons (Fsp3) is 0.381. The number of nitrogens with zero attached hydrogens (tertiary/aromatic N) is 3. The van der Waals surface area contributed by atoms with E-state index in [1.54, 1.807) is 6.20 Å². The molecule has 2 aromatic heterocycles. The summed E-state index contributed by atoms with van der Waals surface area (Å²) in [6.07, 6.45) is 10.7. The zero-order valence-electron chi connectivity index (χ0n) is 15.8. The minimum Gasteiger partial charge on any atom is -0.384 e. The van der Waals surface area contributed by atoms with Crippen molar-refractivity contribution in [1.82, 2.24) is 15.0 Å². The molecule has 148 valence electrons. The second-order valence-electron chi connectivity index (χ2n) is 6.71. The molecule has 5 nitrogen and oxygen atoms in total. The van der Waals surface area contributed by atoms with Gasteiger partial charge in [-0.25, -0.2) is 9.97 Å². The lowest BCUT2D eigenvalue weighted by molar-refractivity contribution is 0.610. The average molecular weight is 418 g/mol. The number of anilines is 2. The number of hydrogen-bond acceptors (Lipinski definition) is 5. The lowest BCUT2D eigenvalue weighted by atomic mass is 10.1. The highest BCUT2D eigenvalue weighted by atomic mass is 35.5. The normalized spacial score (nSPS) is 10.9. The molecule has 28 heavy (non-hydrogen) atoms. The Bertz CT molecular complexity index is 888. The second kappa shape index (κ2) is 11.0. The van der Waals surface area contributed by atoms with E-state index in [4.69, 9.17) is 23.2 Å². The molecular weight excluding hydrogens is 393 g/mol. The van der Waals surface area contributed by atoms with Gasteiger partial charge < -0.3 is 10.6 Å². The molecule has 0 fully saturated rings. The van der Waals surface area contributed by atoms with Crippen LogP contribution in [0, 0.1) is 0 Å². The number of hydrogen-bond donors (Lipinski definition) is 2. The SMILES string of the molecule is Clc1ccc2c(NCCCCCCCCNc3ccnc(Cl)n3)ccnc2c1. The Balaban J connectivity index is 1.25. The van der Waals surface area contributed by atoms with Crippen LogP contribution in [0.2, 0.25) is 10.3 Å². The first kappa shape index (κ1) is 20.6. The highest BCUT2D eigenvalue weighted by molar-refractivity contribution is 6.31. The van der Waals surface area contributed by atoms with Crippen LogP contribution in [0.1, 0.15) is 38.5 Å². The molecule has 2 heterocycles. The lowest BCUT2D eigenvalue weighted by Crippen LogP contribution is -2.04. The first-order valence-electron chi connectivity index (χ1n) is 9.73. The van der Waals surface area contributed by atoms with E-state index < -0.39 is 0 Å². The third-order valence-electron chi connectivity index (χ3n) is 4.56. The van der Waals surface area contributed by atoms with Crippen molar-refractivity contribution >= 4 is 45.6 Å². The van der Waals surface area contributed by atoms with Gasteiger partial charge in [-0.3, -0.25) is 4.98 Å². The molecule has 3 aromatic rings. The predicted molar refractivity (Wildman–Crippen MR) is 118 cm³/mol. The average Bonchev–Trinajstić information content (AvgIpc) is 2.69. The number of unbranched alkanes of at least 4 members (excludes halogenated alkanes) is 5. The molecule has 0 unspecified atom stereocenters. The van der Waals surface area contributed by atoms with E-state index in [1.807, 2.05) is 36.5 Å². The highest BCUT2D eigenvalue weighted by Crippen LogP contribution is 2.24. The van der Waals surface area contributed by atoms with Gasteiger partial charge in [-0.05, 0) is 54.8 Å². The molecule has 1 aromatic carbocycles. The molecule has 0 saturated carbocycles. The zero-order chi connectivity index (χ0) is 19.6. The van der Waals surface area contributed by atoms with E-state index in [0.29, 0.717) is 5.02 Å². The summed E-state index contributed by atoms with van der Waals surface area (Å²) in [6.45, 7) is 1.88. The predicted octanol–water partition coefficient (Wildman–Crippen LogP) is 6.20. The Labute approximate surface area is 175 Å².